The van der Waals surface area contributed by atoms with E-state index in [4.69, 9.17) is 17.3 Å². The van der Waals surface area contributed by atoms with E-state index in [0.29, 0.717) is 12.4 Å². The lowest BCUT2D eigenvalue weighted by molar-refractivity contribution is -0.117. The summed E-state index contributed by atoms with van der Waals surface area (Å²) >= 11 is 5.34. The second-order valence-corrected chi connectivity index (χ2v) is 2.03. The number of hydrogen-bond donors (Lipinski definition) is 2. The van der Waals surface area contributed by atoms with E-state index in [1.807, 2.05) is 6.08 Å². The fraction of sp³-hybridized carbons (Fsp3) is 0.500. The van der Waals surface area contributed by atoms with Crippen molar-refractivity contribution in [2.24, 2.45) is 5.73 Å². The maximum atomic E-state index is 10.1. The fourth-order valence-electron chi connectivity index (χ4n) is 0.425. The number of nitrogens with two attached hydrogens (primary N) is 1. The summed E-state index contributed by atoms with van der Waals surface area (Å²) in [4.78, 5) is 10.1. The molecule has 0 saturated heterocycles. The topological polar surface area (TPSA) is 55.1 Å². The van der Waals surface area contributed by atoms with Crippen molar-refractivity contribution in [1.82, 2.24) is 5.32 Å². The Kier molecular flexibility index (Phi) is 6.22. The number of hydrogen-bond acceptors (Lipinski definition) is 2. The predicted molar refractivity (Wildman–Crippen MR) is 41.9 cm³/mol. The first-order chi connectivity index (χ1) is 4.77. The Morgan fingerprint density at radius 3 is 2.80 bits per heavy atom. The molecule has 0 unspecified atom stereocenters. The SMILES string of the molecule is NC(=O)CNC/C=C/CCl. The average molecular weight is 163 g/mol. The summed E-state index contributed by atoms with van der Waals surface area (Å²) in [5, 5.41) is 2.80. The zero-order chi connectivity index (χ0) is 7.82. The van der Waals surface area contributed by atoms with Crippen LogP contribution in [0.5, 0.6) is 0 Å². The highest BCUT2D eigenvalue weighted by atomic mass is 35.5. The van der Waals surface area contributed by atoms with Crippen molar-refractivity contribution in [3.8, 4) is 0 Å². The van der Waals surface area contributed by atoms with Gasteiger partial charge in [0.15, 0.2) is 0 Å². The predicted octanol–water partition coefficient (Wildman–Crippen LogP) is -0.144. The summed E-state index contributed by atoms with van der Waals surface area (Å²) in [5.41, 5.74) is 4.86. The van der Waals surface area contributed by atoms with Gasteiger partial charge < -0.3 is 11.1 Å². The summed E-state index contributed by atoms with van der Waals surface area (Å²) in [6.07, 6.45) is 3.64. The Morgan fingerprint density at radius 2 is 2.30 bits per heavy atom. The Morgan fingerprint density at radius 1 is 1.60 bits per heavy atom. The molecule has 0 bridgehead atoms. The molecule has 58 valence electrons. The zero-order valence-electron chi connectivity index (χ0n) is 5.64. The molecule has 0 aromatic heterocycles. The molecule has 0 aliphatic rings. The molecule has 0 atom stereocenters. The Balaban J connectivity index is 3.05. The number of nitrogens with one attached hydrogen (secondary N) is 1. The summed E-state index contributed by atoms with van der Waals surface area (Å²) < 4.78 is 0. The lowest BCUT2D eigenvalue weighted by Gasteiger charge is -1.94. The third-order valence-electron chi connectivity index (χ3n) is 0.817. The van der Waals surface area contributed by atoms with Gasteiger partial charge in [0.2, 0.25) is 5.91 Å². The van der Waals surface area contributed by atoms with Crippen LogP contribution in [0.25, 0.3) is 0 Å². The van der Waals surface area contributed by atoms with Gasteiger partial charge in [-0.05, 0) is 0 Å². The van der Waals surface area contributed by atoms with Crippen molar-refractivity contribution in [3.05, 3.63) is 12.2 Å². The Bertz CT molecular complexity index is 125. The molecule has 3 nitrogen and oxygen atoms in total. The smallest absolute Gasteiger partial charge is 0.231 e. The molecule has 0 aliphatic carbocycles. The minimum absolute atomic E-state index is 0.215. The van der Waals surface area contributed by atoms with Gasteiger partial charge in [-0.3, -0.25) is 4.79 Å². The van der Waals surface area contributed by atoms with E-state index in [1.54, 1.807) is 6.08 Å². The van der Waals surface area contributed by atoms with Crippen LogP contribution in [-0.4, -0.2) is 24.9 Å². The van der Waals surface area contributed by atoms with Gasteiger partial charge in [-0.2, -0.15) is 0 Å². The highest BCUT2D eigenvalue weighted by Gasteiger charge is 1.87. The molecule has 0 saturated carbocycles. The van der Waals surface area contributed by atoms with E-state index >= 15 is 0 Å². The maximum Gasteiger partial charge on any atom is 0.231 e. The number of allylic oxidation sites excluding steroid dienone is 1. The van der Waals surface area contributed by atoms with Gasteiger partial charge in [0.25, 0.3) is 0 Å². The largest absolute Gasteiger partial charge is 0.369 e. The molecule has 0 heterocycles. The maximum absolute atomic E-state index is 10.1. The molecule has 3 N–H and O–H groups in total. The van der Waals surface area contributed by atoms with Crippen LogP contribution in [0.15, 0.2) is 12.2 Å². The Labute approximate surface area is 65.2 Å². The van der Waals surface area contributed by atoms with Gasteiger partial charge in [-0.1, -0.05) is 12.2 Å². The first-order valence-corrected chi connectivity index (χ1v) is 3.51. The van der Waals surface area contributed by atoms with Crippen molar-refractivity contribution < 1.29 is 4.79 Å². The van der Waals surface area contributed by atoms with Crippen molar-refractivity contribution in [1.29, 1.82) is 0 Å². The van der Waals surface area contributed by atoms with E-state index < -0.39 is 0 Å². The monoisotopic (exact) mass is 162 g/mol. The van der Waals surface area contributed by atoms with Crippen LogP contribution in [-0.2, 0) is 4.79 Å². The van der Waals surface area contributed by atoms with Crippen LogP contribution >= 0.6 is 11.6 Å². The molecule has 0 aromatic carbocycles. The van der Waals surface area contributed by atoms with Crippen LogP contribution in [0.3, 0.4) is 0 Å². The summed E-state index contributed by atoms with van der Waals surface area (Å²) in [7, 11) is 0. The fourth-order valence-corrected chi connectivity index (χ4v) is 0.551. The number of carbonyl (C=O) groups is 1. The lowest BCUT2D eigenvalue weighted by atomic mass is 10.5. The third-order valence-corrected chi connectivity index (χ3v) is 0.995. The number of primary amides is 1. The number of amides is 1. The van der Waals surface area contributed by atoms with Crippen molar-refractivity contribution in [3.63, 3.8) is 0 Å². The standard InChI is InChI=1S/C6H11ClN2O/c7-3-1-2-4-9-5-6(8)10/h1-2,9H,3-5H2,(H2,8,10)/b2-1+. The second kappa shape index (κ2) is 6.58. The zero-order valence-corrected chi connectivity index (χ0v) is 6.40. The van der Waals surface area contributed by atoms with Gasteiger partial charge in [0.05, 0.1) is 6.54 Å². The molecule has 0 radical (unpaired) electrons. The van der Waals surface area contributed by atoms with E-state index in [1.165, 1.54) is 0 Å². The number of carbonyl (C=O) groups excluding carboxylic acids is 1. The Hall–Kier alpha value is -0.540. The molecule has 0 rings (SSSR count). The highest BCUT2D eigenvalue weighted by molar-refractivity contribution is 6.18. The van der Waals surface area contributed by atoms with E-state index in [2.05, 4.69) is 5.32 Å². The van der Waals surface area contributed by atoms with E-state index in [-0.39, 0.29) is 12.5 Å². The average Bonchev–Trinajstić information content (AvgIpc) is 1.87. The van der Waals surface area contributed by atoms with Crippen LogP contribution in [0.4, 0.5) is 0 Å². The molecule has 0 aliphatic heterocycles. The normalized spacial score (nSPS) is 10.5. The quantitative estimate of drug-likeness (QED) is 0.336. The summed E-state index contributed by atoms with van der Waals surface area (Å²) in [6, 6.07) is 0. The van der Waals surface area contributed by atoms with E-state index in [0.717, 1.165) is 0 Å². The van der Waals surface area contributed by atoms with Crippen molar-refractivity contribution in [2.45, 2.75) is 0 Å². The molecule has 10 heavy (non-hydrogen) atoms. The molecule has 1 amide bonds. The summed E-state index contributed by atoms with van der Waals surface area (Å²) in [6.45, 7) is 0.849. The van der Waals surface area contributed by atoms with Gasteiger partial charge in [0.1, 0.15) is 0 Å². The van der Waals surface area contributed by atoms with Crippen molar-refractivity contribution in [2.75, 3.05) is 19.0 Å². The molecular weight excluding hydrogens is 152 g/mol. The molecule has 4 heteroatoms. The third kappa shape index (κ3) is 7.46. The van der Waals surface area contributed by atoms with Gasteiger partial charge in [0, 0.05) is 12.4 Å². The molecular formula is C6H11ClN2O. The van der Waals surface area contributed by atoms with Crippen LogP contribution < -0.4 is 11.1 Å². The number of halogens is 1. The number of alkyl halides is 1. The first kappa shape index (κ1) is 9.46. The highest BCUT2D eigenvalue weighted by Crippen LogP contribution is 1.75. The second-order valence-electron chi connectivity index (χ2n) is 1.72. The molecule has 0 aromatic rings. The van der Waals surface area contributed by atoms with Gasteiger partial charge in [-0.15, -0.1) is 11.6 Å². The molecule has 0 fully saturated rings. The lowest BCUT2D eigenvalue weighted by Crippen LogP contribution is -2.28. The van der Waals surface area contributed by atoms with Gasteiger partial charge in [-0.25, -0.2) is 0 Å². The van der Waals surface area contributed by atoms with Crippen LogP contribution in [0.1, 0.15) is 0 Å². The number of rotatable bonds is 5. The summed E-state index contributed by atoms with van der Waals surface area (Å²) in [5.74, 6) is 0.150. The minimum atomic E-state index is -0.348. The minimum Gasteiger partial charge on any atom is -0.369 e. The van der Waals surface area contributed by atoms with Crippen molar-refractivity contribution >= 4 is 17.5 Å². The first-order valence-electron chi connectivity index (χ1n) is 2.97. The molecule has 0 spiro atoms. The van der Waals surface area contributed by atoms with Crippen LogP contribution in [0, 0.1) is 0 Å². The van der Waals surface area contributed by atoms with Crippen LogP contribution in [0.2, 0.25) is 0 Å². The van der Waals surface area contributed by atoms with Gasteiger partial charge >= 0.3 is 0 Å². The van der Waals surface area contributed by atoms with E-state index in [9.17, 15) is 4.79 Å².